The lowest BCUT2D eigenvalue weighted by atomic mass is 10.1. The number of hydrogen-bond donors (Lipinski definition) is 1. The summed E-state index contributed by atoms with van der Waals surface area (Å²) < 4.78 is 0. The second-order valence-corrected chi connectivity index (χ2v) is 4.23. The van der Waals surface area contributed by atoms with E-state index in [0.29, 0.717) is 24.3 Å². The Bertz CT molecular complexity index is 474. The highest BCUT2D eigenvalue weighted by molar-refractivity contribution is 6.00. The predicted octanol–water partition coefficient (Wildman–Crippen LogP) is 2.51. The third-order valence-corrected chi connectivity index (χ3v) is 2.83. The molecule has 104 valence electrons. The molecule has 0 atom stereocenters. The Hall–Kier alpha value is -2.11. The second kappa shape index (κ2) is 6.72. The highest BCUT2D eigenvalue weighted by atomic mass is 16.6. The summed E-state index contributed by atoms with van der Waals surface area (Å²) in [5.41, 5.74) is 0.902. The first kappa shape index (κ1) is 14.9. The minimum Gasteiger partial charge on any atom is -0.384 e. The van der Waals surface area contributed by atoms with Gasteiger partial charge < -0.3 is 10.2 Å². The van der Waals surface area contributed by atoms with Gasteiger partial charge in [-0.2, -0.15) is 0 Å². The van der Waals surface area contributed by atoms with Gasteiger partial charge in [-0.05, 0) is 19.4 Å². The van der Waals surface area contributed by atoms with Crippen molar-refractivity contribution in [3.8, 4) is 0 Å². The number of nitro benzene ring substituents is 1. The largest absolute Gasteiger partial charge is 0.384 e. The Kier molecular flexibility index (Phi) is 5.29. The first-order chi connectivity index (χ1) is 9.01. The number of amides is 1. The van der Waals surface area contributed by atoms with Crippen LogP contribution in [0, 0.1) is 10.1 Å². The zero-order valence-electron chi connectivity index (χ0n) is 11.5. The van der Waals surface area contributed by atoms with Crippen LogP contribution < -0.4 is 5.32 Å². The summed E-state index contributed by atoms with van der Waals surface area (Å²) in [5, 5.41) is 13.9. The Morgan fingerprint density at radius 2 is 2.11 bits per heavy atom. The van der Waals surface area contributed by atoms with Crippen molar-refractivity contribution in [2.45, 2.75) is 20.3 Å². The van der Waals surface area contributed by atoms with E-state index in [1.165, 1.54) is 17.0 Å². The van der Waals surface area contributed by atoms with Crippen LogP contribution in [0.2, 0.25) is 0 Å². The first-order valence-electron chi connectivity index (χ1n) is 6.29. The summed E-state index contributed by atoms with van der Waals surface area (Å²) in [6.45, 7) is 5.13. The van der Waals surface area contributed by atoms with Gasteiger partial charge in [0.05, 0.1) is 10.5 Å². The molecule has 1 aromatic carbocycles. The van der Waals surface area contributed by atoms with Gasteiger partial charge in [0.25, 0.3) is 11.6 Å². The fourth-order valence-electron chi connectivity index (χ4n) is 1.59. The normalized spacial score (nSPS) is 10.1. The molecule has 0 aliphatic carbocycles. The van der Waals surface area contributed by atoms with Crippen LogP contribution in [0.15, 0.2) is 18.2 Å². The number of nitrogens with one attached hydrogen (secondary N) is 1. The number of carbonyl (C=O) groups excluding carboxylic acids is 1. The molecule has 1 amide bonds. The summed E-state index contributed by atoms with van der Waals surface area (Å²) in [4.78, 5) is 24.0. The summed E-state index contributed by atoms with van der Waals surface area (Å²) >= 11 is 0. The van der Waals surface area contributed by atoms with Crippen LogP contribution in [0.3, 0.4) is 0 Å². The van der Waals surface area contributed by atoms with Crippen LogP contribution in [0.1, 0.15) is 30.6 Å². The van der Waals surface area contributed by atoms with E-state index in [-0.39, 0.29) is 11.6 Å². The van der Waals surface area contributed by atoms with Gasteiger partial charge in [-0.1, -0.05) is 6.92 Å². The lowest BCUT2D eigenvalue weighted by molar-refractivity contribution is -0.384. The van der Waals surface area contributed by atoms with Crippen LogP contribution in [-0.4, -0.2) is 35.9 Å². The number of nitro groups is 1. The van der Waals surface area contributed by atoms with E-state index in [1.54, 1.807) is 13.1 Å². The summed E-state index contributed by atoms with van der Waals surface area (Å²) in [5.74, 6) is -0.218. The highest BCUT2D eigenvalue weighted by Gasteiger charge is 2.18. The molecule has 0 aromatic heterocycles. The summed E-state index contributed by atoms with van der Waals surface area (Å²) in [6, 6.07) is 4.32. The molecule has 0 spiro atoms. The number of non-ortho nitro benzene ring substituents is 1. The Morgan fingerprint density at radius 3 is 2.63 bits per heavy atom. The standard InChI is InChI=1S/C13H19N3O3/c1-4-8-14-12-7-6-10(16(18)19)9-11(12)13(17)15(3)5-2/h6-7,9,14H,4-5,8H2,1-3H3. The van der Waals surface area contributed by atoms with Gasteiger partial charge in [-0.3, -0.25) is 14.9 Å². The lowest BCUT2D eigenvalue weighted by Crippen LogP contribution is -2.27. The molecule has 0 saturated heterocycles. The third kappa shape index (κ3) is 3.67. The summed E-state index contributed by atoms with van der Waals surface area (Å²) in [7, 11) is 1.67. The number of carbonyl (C=O) groups is 1. The zero-order valence-corrected chi connectivity index (χ0v) is 11.5. The van der Waals surface area contributed by atoms with Crippen molar-refractivity contribution in [1.29, 1.82) is 0 Å². The SMILES string of the molecule is CCCNc1ccc([N+](=O)[O-])cc1C(=O)N(C)CC. The Balaban J connectivity index is 3.17. The van der Waals surface area contributed by atoms with Crippen molar-refractivity contribution in [3.63, 3.8) is 0 Å². The number of benzene rings is 1. The maximum Gasteiger partial charge on any atom is 0.270 e. The van der Waals surface area contributed by atoms with Crippen molar-refractivity contribution < 1.29 is 9.72 Å². The van der Waals surface area contributed by atoms with Gasteiger partial charge in [0, 0.05) is 38.0 Å². The van der Waals surface area contributed by atoms with Gasteiger partial charge in [0.2, 0.25) is 0 Å². The van der Waals surface area contributed by atoms with E-state index in [2.05, 4.69) is 5.32 Å². The highest BCUT2D eigenvalue weighted by Crippen LogP contribution is 2.23. The quantitative estimate of drug-likeness (QED) is 0.633. The molecule has 0 bridgehead atoms. The Morgan fingerprint density at radius 1 is 1.42 bits per heavy atom. The van der Waals surface area contributed by atoms with E-state index < -0.39 is 4.92 Å². The fourth-order valence-corrected chi connectivity index (χ4v) is 1.59. The van der Waals surface area contributed by atoms with E-state index >= 15 is 0 Å². The van der Waals surface area contributed by atoms with Gasteiger partial charge in [0.15, 0.2) is 0 Å². The van der Waals surface area contributed by atoms with Crippen molar-refractivity contribution in [1.82, 2.24) is 4.90 Å². The van der Waals surface area contributed by atoms with E-state index in [1.807, 2.05) is 13.8 Å². The molecule has 6 nitrogen and oxygen atoms in total. The van der Waals surface area contributed by atoms with E-state index in [9.17, 15) is 14.9 Å². The molecular weight excluding hydrogens is 246 g/mol. The average Bonchev–Trinajstić information content (AvgIpc) is 2.43. The van der Waals surface area contributed by atoms with Crippen molar-refractivity contribution in [2.24, 2.45) is 0 Å². The summed E-state index contributed by atoms with van der Waals surface area (Å²) in [6.07, 6.45) is 0.911. The van der Waals surface area contributed by atoms with Crippen LogP contribution in [0.25, 0.3) is 0 Å². The maximum atomic E-state index is 12.2. The van der Waals surface area contributed by atoms with Gasteiger partial charge in [-0.15, -0.1) is 0 Å². The molecular formula is C13H19N3O3. The molecule has 0 aliphatic heterocycles. The second-order valence-electron chi connectivity index (χ2n) is 4.23. The monoisotopic (exact) mass is 265 g/mol. The van der Waals surface area contributed by atoms with Crippen molar-refractivity contribution in [3.05, 3.63) is 33.9 Å². The van der Waals surface area contributed by atoms with E-state index in [0.717, 1.165) is 6.42 Å². The number of hydrogen-bond acceptors (Lipinski definition) is 4. The van der Waals surface area contributed by atoms with Gasteiger partial charge >= 0.3 is 0 Å². The molecule has 0 unspecified atom stereocenters. The van der Waals surface area contributed by atoms with Crippen molar-refractivity contribution in [2.75, 3.05) is 25.5 Å². The number of rotatable bonds is 6. The van der Waals surface area contributed by atoms with Crippen LogP contribution in [-0.2, 0) is 0 Å². The maximum absolute atomic E-state index is 12.2. The molecule has 1 rings (SSSR count). The predicted molar refractivity (Wildman–Crippen MR) is 74.5 cm³/mol. The lowest BCUT2D eigenvalue weighted by Gasteiger charge is -2.17. The molecule has 0 radical (unpaired) electrons. The smallest absolute Gasteiger partial charge is 0.270 e. The molecule has 0 aliphatic rings. The third-order valence-electron chi connectivity index (χ3n) is 2.83. The Labute approximate surface area is 112 Å². The zero-order chi connectivity index (χ0) is 14.4. The van der Waals surface area contributed by atoms with Gasteiger partial charge in [0.1, 0.15) is 0 Å². The average molecular weight is 265 g/mol. The molecule has 6 heteroatoms. The number of anilines is 1. The molecule has 0 saturated carbocycles. The van der Waals surface area contributed by atoms with Crippen molar-refractivity contribution >= 4 is 17.3 Å². The van der Waals surface area contributed by atoms with Crippen LogP contribution in [0.4, 0.5) is 11.4 Å². The molecule has 19 heavy (non-hydrogen) atoms. The molecule has 0 heterocycles. The molecule has 0 fully saturated rings. The number of nitrogens with zero attached hydrogens (tertiary/aromatic N) is 2. The molecule has 1 aromatic rings. The minimum atomic E-state index is -0.494. The first-order valence-corrected chi connectivity index (χ1v) is 6.29. The van der Waals surface area contributed by atoms with E-state index in [4.69, 9.17) is 0 Å². The van der Waals surface area contributed by atoms with Crippen LogP contribution >= 0.6 is 0 Å². The van der Waals surface area contributed by atoms with Crippen LogP contribution in [0.5, 0.6) is 0 Å². The fraction of sp³-hybridized carbons (Fsp3) is 0.462. The topological polar surface area (TPSA) is 75.5 Å². The molecule has 1 N–H and O–H groups in total. The van der Waals surface area contributed by atoms with Gasteiger partial charge in [-0.25, -0.2) is 0 Å². The minimum absolute atomic E-state index is 0.0742.